The minimum atomic E-state index is -1.67. The molecule has 3 aliphatic rings. The third-order valence-electron chi connectivity index (χ3n) is 11.8. The highest BCUT2D eigenvalue weighted by atomic mass is 16.3. The summed E-state index contributed by atoms with van der Waals surface area (Å²) in [5.74, 6) is 0. The summed E-state index contributed by atoms with van der Waals surface area (Å²) in [6.45, 7) is 14.1. The lowest BCUT2D eigenvalue weighted by Crippen LogP contribution is -2.62. The van der Waals surface area contributed by atoms with Crippen LogP contribution in [0.5, 0.6) is 0 Å². The molecule has 0 spiro atoms. The van der Waals surface area contributed by atoms with E-state index >= 15 is 0 Å². The largest absolute Gasteiger partial charge is 0.456 e. The molecule has 0 saturated heterocycles. The van der Waals surface area contributed by atoms with Crippen LogP contribution in [-0.2, 0) is 16.2 Å². The summed E-state index contributed by atoms with van der Waals surface area (Å²) in [7, 11) is 0. The van der Waals surface area contributed by atoms with Gasteiger partial charge in [-0.05, 0) is 122 Å². The van der Waals surface area contributed by atoms with Crippen molar-refractivity contribution in [3.63, 3.8) is 0 Å². The molecule has 0 aliphatic carbocycles. The predicted molar refractivity (Wildman–Crippen MR) is 256 cm³/mol. The Kier molecular flexibility index (Phi) is 4.09. The summed E-state index contributed by atoms with van der Waals surface area (Å²) in [6.07, 6.45) is 0. The number of hydrogen-bond donors (Lipinski definition) is 0. The Morgan fingerprint density at radius 3 is 1.98 bits per heavy atom. The molecule has 9 aromatic rings. The van der Waals surface area contributed by atoms with Crippen LogP contribution in [0, 0.1) is 11.3 Å². The zero-order valence-corrected chi connectivity index (χ0v) is 34.8. The van der Waals surface area contributed by atoms with Crippen molar-refractivity contribution in [2.24, 2.45) is 0 Å². The van der Waals surface area contributed by atoms with E-state index in [1.807, 2.05) is 6.07 Å². The molecule has 296 valence electrons. The van der Waals surface area contributed by atoms with Crippen LogP contribution in [0.3, 0.4) is 0 Å². The maximum absolute atomic E-state index is 11.3. The molecular formula is C55H47BN4O. The second kappa shape index (κ2) is 11.8. The van der Waals surface area contributed by atoms with Crippen molar-refractivity contribution >= 4 is 101 Å². The monoisotopic (exact) mass is 811 g/mol. The molecule has 0 radical (unpaired) electrons. The maximum Gasteiger partial charge on any atom is 0.252 e. The van der Waals surface area contributed by atoms with Crippen molar-refractivity contribution < 1.29 is 31.8 Å². The van der Waals surface area contributed by atoms with Gasteiger partial charge >= 0.3 is 0 Å². The molecule has 3 aliphatic heterocycles. The van der Waals surface area contributed by atoms with Gasteiger partial charge in [0.2, 0.25) is 0 Å². The highest BCUT2D eigenvalue weighted by Crippen LogP contribution is 2.54. The Hall–Kier alpha value is -6.71. The minimum absolute atomic E-state index is 0.00660. The lowest BCUT2D eigenvalue weighted by molar-refractivity contribution is 0.590. The predicted octanol–water partition coefficient (Wildman–Crippen LogP) is 12.8. The number of hydrogen-bond acceptors (Lipinski definition) is 4. The van der Waals surface area contributed by atoms with E-state index in [9.17, 15) is 27.2 Å². The van der Waals surface area contributed by atoms with Crippen LogP contribution < -0.4 is 26.2 Å². The molecular weight excluding hydrogens is 743 g/mol. The van der Waals surface area contributed by atoms with Gasteiger partial charge in [-0.15, -0.1) is 0 Å². The Morgan fingerprint density at radius 2 is 1.23 bits per heavy atom. The van der Waals surface area contributed by atoms with Gasteiger partial charge in [0.05, 0.1) is 67.1 Å². The number of furan rings is 1. The van der Waals surface area contributed by atoms with Crippen LogP contribution in [0.25, 0.3) is 49.4 Å². The first-order chi connectivity index (χ1) is 37.5. The van der Waals surface area contributed by atoms with E-state index in [4.69, 9.17) is 9.90 Å². The van der Waals surface area contributed by atoms with Gasteiger partial charge in [0, 0.05) is 44.3 Å². The molecule has 0 N–H and O–H groups in total. The summed E-state index contributed by atoms with van der Waals surface area (Å²) in [5.41, 5.74) is -7.53. The van der Waals surface area contributed by atoms with Gasteiger partial charge in [0.25, 0.3) is 6.71 Å². The smallest absolute Gasteiger partial charge is 0.252 e. The van der Waals surface area contributed by atoms with Gasteiger partial charge in [-0.1, -0.05) is 111 Å². The van der Waals surface area contributed by atoms with E-state index in [-0.39, 0.29) is 113 Å². The number of aromatic nitrogens is 1. The number of rotatable bonds is 1. The fourth-order valence-corrected chi connectivity index (χ4v) is 8.79. The quantitative estimate of drug-likeness (QED) is 0.155. The highest BCUT2D eigenvalue weighted by Gasteiger charge is 2.47. The number of nitrogens with zero attached hydrogens (tertiary/aromatic N) is 4. The standard InChI is InChI=1S/C55H47BN4O/c1-53(2,3)32-17-20-42-37(25-32)39-26-34(55(7,8)9)28-47-51(39)59(42)44-15-12-14-40-52(44)60(47)46-24-31(30-57)23-45-50(46)56(40)41-27-33(54(4,5)6)18-21-43(41)58(45)35-19-22-49-38(29-35)36-13-10-11-16-48(36)61-49/h10-29H,1-9H3/i10D,11D,12D,13D,14D,15D,16D,17D,18D,19D,20D,21D,22D,23D,24D,25D,26D,27D,28D,29D. The van der Waals surface area contributed by atoms with Crippen molar-refractivity contribution in [1.29, 1.82) is 5.26 Å². The average molecular weight is 811 g/mol. The fraction of sp³-hybridized carbons (Fsp3) is 0.218. The van der Waals surface area contributed by atoms with E-state index in [0.29, 0.717) is 0 Å². The molecule has 2 aromatic heterocycles. The SMILES string of the molecule is [2H]c1c([2H])c2c3c(c1[2H])-n1c4c([2H])c([2H])c(C(C)(C)C)c([2H])c4c4c([2H])c(C(C)(C)C)c([2H])c(c41)N3c1c([2H])c(C#N)c([2H])c3c1B2c1c([2H])c(C(C)(C)C)c([2H])c([2H])c1N3c1c([2H])c([2H])c2oc3c([2H])c([2H])c([2H])c([2H])c3c2c1[2H]. The summed E-state index contributed by atoms with van der Waals surface area (Å²) in [4.78, 5) is 2.38. The molecule has 0 atom stereocenters. The normalized spacial score (nSPS) is 18.8. The molecule has 12 rings (SSSR count). The van der Waals surface area contributed by atoms with Gasteiger partial charge in [-0.25, -0.2) is 0 Å². The zero-order chi connectivity index (χ0) is 59.5. The van der Waals surface area contributed by atoms with E-state index in [0.717, 1.165) is 4.90 Å². The lowest BCUT2D eigenvalue weighted by atomic mass is 9.33. The van der Waals surface area contributed by atoms with Crippen LogP contribution in [0.2, 0.25) is 0 Å². The van der Waals surface area contributed by atoms with Crippen LogP contribution in [-0.4, -0.2) is 11.3 Å². The molecule has 0 saturated carbocycles. The van der Waals surface area contributed by atoms with Crippen LogP contribution >= 0.6 is 0 Å². The first-order valence-corrected chi connectivity index (χ1v) is 20.0. The molecule has 61 heavy (non-hydrogen) atoms. The molecule has 7 aromatic carbocycles. The number of anilines is 6. The first-order valence-electron chi connectivity index (χ1n) is 30.0. The second-order valence-electron chi connectivity index (χ2n) is 18.9. The zero-order valence-electron chi connectivity index (χ0n) is 54.8. The maximum atomic E-state index is 11.3. The van der Waals surface area contributed by atoms with Crippen LogP contribution in [0.1, 0.15) is 112 Å². The summed E-state index contributed by atoms with van der Waals surface area (Å²) < 4.78 is 201. The topological polar surface area (TPSA) is 48.3 Å². The number of para-hydroxylation sites is 2. The Balaban J connectivity index is 1.40. The molecule has 0 bridgehead atoms. The number of benzene rings is 7. The third-order valence-corrected chi connectivity index (χ3v) is 11.8. The highest BCUT2D eigenvalue weighted by molar-refractivity contribution is 7.00. The number of fused-ring (bicyclic) bond motifs is 12. The van der Waals surface area contributed by atoms with Crippen molar-refractivity contribution in [3.05, 3.63) is 143 Å². The van der Waals surface area contributed by atoms with Crippen molar-refractivity contribution in [2.75, 3.05) is 9.80 Å². The van der Waals surface area contributed by atoms with E-state index in [2.05, 4.69) is 0 Å². The summed E-state index contributed by atoms with van der Waals surface area (Å²) in [6, 6.07) is -9.59. The minimum Gasteiger partial charge on any atom is -0.456 e. The van der Waals surface area contributed by atoms with Gasteiger partial charge < -0.3 is 18.8 Å². The Morgan fingerprint density at radius 1 is 0.541 bits per heavy atom. The van der Waals surface area contributed by atoms with Crippen molar-refractivity contribution in [3.8, 4) is 11.8 Å². The van der Waals surface area contributed by atoms with Gasteiger partial charge in [-0.3, -0.25) is 0 Å². The van der Waals surface area contributed by atoms with Gasteiger partial charge in [-0.2, -0.15) is 5.26 Å². The van der Waals surface area contributed by atoms with Gasteiger partial charge in [0.15, 0.2) is 0 Å². The molecule has 0 amide bonds. The van der Waals surface area contributed by atoms with Crippen molar-refractivity contribution in [2.45, 2.75) is 78.6 Å². The van der Waals surface area contributed by atoms with Crippen molar-refractivity contribution in [1.82, 2.24) is 4.57 Å². The van der Waals surface area contributed by atoms with Gasteiger partial charge in [0.1, 0.15) is 11.2 Å². The molecule has 6 heteroatoms. The molecule has 5 heterocycles. The van der Waals surface area contributed by atoms with E-state index in [1.165, 1.54) is 9.47 Å². The summed E-state index contributed by atoms with van der Waals surface area (Å²) >= 11 is 0. The van der Waals surface area contributed by atoms with Crippen LogP contribution in [0.4, 0.5) is 34.1 Å². The Bertz CT molecular complexity index is 4630. The molecule has 0 unspecified atom stereocenters. The second-order valence-corrected chi connectivity index (χ2v) is 18.9. The fourth-order valence-electron chi connectivity index (χ4n) is 8.79. The van der Waals surface area contributed by atoms with Crippen LogP contribution in [0.15, 0.2) is 125 Å². The van der Waals surface area contributed by atoms with E-state index in [1.54, 1.807) is 62.3 Å². The van der Waals surface area contributed by atoms with E-state index < -0.39 is 153 Å². The first kappa shape index (κ1) is 21.2. The molecule has 5 nitrogen and oxygen atoms in total. The third kappa shape index (κ3) is 4.89. The molecule has 0 fully saturated rings. The Labute approximate surface area is 385 Å². The summed E-state index contributed by atoms with van der Waals surface area (Å²) in [5, 5.41) is 10.6. The number of nitriles is 1. The average Bonchev–Trinajstić information content (AvgIpc) is 2.17. The lowest BCUT2D eigenvalue weighted by Gasteiger charge is -2.46.